The number of carbonyl (C=O) groups excluding carboxylic acids is 1. The Morgan fingerprint density at radius 1 is 1.22 bits per heavy atom. The molecule has 3 aromatic rings. The average Bonchev–Trinajstić information content (AvgIpc) is 3.40. The second-order valence-electron chi connectivity index (χ2n) is 6.82. The van der Waals surface area contributed by atoms with Gasteiger partial charge in [0, 0.05) is 11.3 Å². The molecule has 1 N–H and O–H groups in total. The van der Waals surface area contributed by atoms with Crippen LogP contribution in [0.1, 0.15) is 31.4 Å². The zero-order valence-electron chi connectivity index (χ0n) is 15.3. The molecule has 0 spiro atoms. The van der Waals surface area contributed by atoms with Crippen molar-refractivity contribution < 1.29 is 9.53 Å². The van der Waals surface area contributed by atoms with Gasteiger partial charge in [0.25, 0.3) is 5.91 Å². The quantitative estimate of drug-likeness (QED) is 0.726. The number of nitrogens with zero attached hydrogens (tertiary/aromatic N) is 4. The molecule has 0 radical (unpaired) electrons. The number of aromatic nitrogens is 4. The average molecular weight is 363 g/mol. The van der Waals surface area contributed by atoms with Crippen molar-refractivity contribution in [2.45, 2.75) is 38.8 Å². The van der Waals surface area contributed by atoms with Gasteiger partial charge in [0.05, 0.1) is 6.04 Å². The van der Waals surface area contributed by atoms with E-state index in [2.05, 4.69) is 20.8 Å². The van der Waals surface area contributed by atoms with E-state index < -0.39 is 6.10 Å². The Morgan fingerprint density at radius 3 is 2.74 bits per heavy atom. The lowest BCUT2D eigenvalue weighted by Gasteiger charge is -2.15. The summed E-state index contributed by atoms with van der Waals surface area (Å²) in [7, 11) is 0. The number of aryl methyl sites for hydroxylation is 1. The highest BCUT2D eigenvalue weighted by molar-refractivity contribution is 5.94. The van der Waals surface area contributed by atoms with Crippen LogP contribution < -0.4 is 10.1 Å². The summed E-state index contributed by atoms with van der Waals surface area (Å²) >= 11 is 0. The molecule has 0 bridgehead atoms. The van der Waals surface area contributed by atoms with E-state index in [1.165, 1.54) is 0 Å². The minimum absolute atomic E-state index is 0.213. The Balaban J connectivity index is 1.45. The molecular weight excluding hydrogens is 342 g/mol. The van der Waals surface area contributed by atoms with E-state index in [-0.39, 0.29) is 5.91 Å². The van der Waals surface area contributed by atoms with Crippen molar-refractivity contribution in [1.29, 1.82) is 0 Å². The van der Waals surface area contributed by atoms with Crippen LogP contribution in [0.2, 0.25) is 0 Å². The normalized spacial score (nSPS) is 14.6. The molecule has 1 aliphatic rings. The van der Waals surface area contributed by atoms with Gasteiger partial charge in [0.1, 0.15) is 5.75 Å². The van der Waals surface area contributed by atoms with Crippen LogP contribution in [0.3, 0.4) is 0 Å². The van der Waals surface area contributed by atoms with Crippen molar-refractivity contribution in [3.05, 3.63) is 54.1 Å². The molecule has 1 saturated carbocycles. The van der Waals surface area contributed by atoms with Gasteiger partial charge in [0.15, 0.2) is 11.9 Å². The summed E-state index contributed by atoms with van der Waals surface area (Å²) in [5, 5.41) is 14.9. The standard InChI is InChI=1S/C20H21N5O2/c1-13-6-10-18(11-7-13)27-14(2)20(26)21-16-5-3-4-15(12-16)19-22-23-24-25(19)17-8-9-17/h3-7,10-12,14,17H,8-9H2,1-2H3,(H,21,26)/t14-/m1/s1. The molecular formula is C20H21N5O2. The molecule has 1 amide bonds. The maximum absolute atomic E-state index is 12.5. The number of benzene rings is 2. The van der Waals surface area contributed by atoms with Crippen LogP contribution >= 0.6 is 0 Å². The van der Waals surface area contributed by atoms with Crippen LogP contribution in [0, 0.1) is 6.92 Å². The predicted octanol–water partition coefficient (Wildman–Crippen LogP) is 3.39. The number of tetrazole rings is 1. The largest absolute Gasteiger partial charge is 0.481 e. The smallest absolute Gasteiger partial charge is 0.265 e. The second kappa shape index (κ2) is 7.19. The fourth-order valence-corrected chi connectivity index (χ4v) is 2.80. The van der Waals surface area contributed by atoms with E-state index in [1.54, 1.807) is 6.92 Å². The van der Waals surface area contributed by atoms with Crippen LogP contribution in [0.15, 0.2) is 48.5 Å². The van der Waals surface area contributed by atoms with E-state index in [4.69, 9.17) is 4.74 Å². The molecule has 2 aromatic carbocycles. The van der Waals surface area contributed by atoms with Gasteiger partial charge < -0.3 is 10.1 Å². The first-order valence-corrected chi connectivity index (χ1v) is 9.02. The van der Waals surface area contributed by atoms with Gasteiger partial charge in [-0.25, -0.2) is 4.68 Å². The summed E-state index contributed by atoms with van der Waals surface area (Å²) in [4.78, 5) is 12.5. The van der Waals surface area contributed by atoms with Crippen LogP contribution in [-0.4, -0.2) is 32.2 Å². The third-order valence-electron chi connectivity index (χ3n) is 4.48. The third kappa shape index (κ3) is 3.97. The van der Waals surface area contributed by atoms with Crippen LogP contribution in [-0.2, 0) is 4.79 Å². The van der Waals surface area contributed by atoms with Crippen LogP contribution in [0.5, 0.6) is 5.75 Å². The minimum Gasteiger partial charge on any atom is -0.481 e. The van der Waals surface area contributed by atoms with Crippen molar-refractivity contribution >= 4 is 11.6 Å². The summed E-state index contributed by atoms with van der Waals surface area (Å²) in [6, 6.07) is 15.5. The number of nitrogens with one attached hydrogen (secondary N) is 1. The molecule has 4 rings (SSSR count). The molecule has 7 nitrogen and oxygen atoms in total. The minimum atomic E-state index is -0.617. The summed E-state index contributed by atoms with van der Waals surface area (Å²) in [6.07, 6.45) is 1.58. The number of anilines is 1. The van der Waals surface area contributed by atoms with Crippen molar-refractivity contribution in [3.63, 3.8) is 0 Å². The predicted molar refractivity (Wildman–Crippen MR) is 101 cm³/mol. The fourth-order valence-electron chi connectivity index (χ4n) is 2.80. The van der Waals surface area contributed by atoms with Gasteiger partial charge in [0.2, 0.25) is 0 Å². The third-order valence-corrected chi connectivity index (χ3v) is 4.48. The van der Waals surface area contributed by atoms with Crippen LogP contribution in [0.25, 0.3) is 11.4 Å². The highest BCUT2D eigenvalue weighted by Crippen LogP contribution is 2.36. The Morgan fingerprint density at radius 2 is 2.00 bits per heavy atom. The monoisotopic (exact) mass is 363 g/mol. The van der Waals surface area contributed by atoms with Crippen molar-refractivity contribution in [3.8, 4) is 17.1 Å². The molecule has 138 valence electrons. The van der Waals surface area contributed by atoms with E-state index in [1.807, 2.05) is 60.1 Å². The number of carbonyl (C=O) groups is 1. The number of amides is 1. The van der Waals surface area contributed by atoms with Gasteiger partial charge in [-0.3, -0.25) is 4.79 Å². The highest BCUT2D eigenvalue weighted by Gasteiger charge is 2.28. The fraction of sp³-hybridized carbons (Fsp3) is 0.300. The molecule has 0 aliphatic heterocycles. The molecule has 1 aromatic heterocycles. The topological polar surface area (TPSA) is 81.9 Å². The zero-order chi connectivity index (χ0) is 18.8. The Hall–Kier alpha value is -3.22. The van der Waals surface area contributed by atoms with E-state index in [0.717, 1.165) is 29.8 Å². The van der Waals surface area contributed by atoms with Gasteiger partial charge in [-0.15, -0.1) is 5.10 Å². The van der Waals surface area contributed by atoms with Gasteiger partial charge >= 0.3 is 0 Å². The number of ether oxygens (including phenoxy) is 1. The summed E-state index contributed by atoms with van der Waals surface area (Å²) in [5.74, 6) is 1.17. The SMILES string of the molecule is Cc1ccc(O[C@H](C)C(=O)Nc2cccc(-c3nnnn3C3CC3)c2)cc1. The number of rotatable bonds is 6. The lowest BCUT2D eigenvalue weighted by Crippen LogP contribution is -2.30. The van der Waals surface area contributed by atoms with E-state index in [9.17, 15) is 4.79 Å². The maximum Gasteiger partial charge on any atom is 0.265 e. The molecule has 0 unspecified atom stereocenters. The first-order chi connectivity index (χ1) is 13.1. The van der Waals surface area contributed by atoms with Gasteiger partial charge in [-0.1, -0.05) is 29.8 Å². The number of hydrogen-bond acceptors (Lipinski definition) is 5. The number of hydrogen-bond donors (Lipinski definition) is 1. The first-order valence-electron chi connectivity index (χ1n) is 9.02. The highest BCUT2D eigenvalue weighted by atomic mass is 16.5. The molecule has 7 heteroatoms. The van der Waals surface area contributed by atoms with Gasteiger partial charge in [-0.2, -0.15) is 0 Å². The Bertz CT molecular complexity index is 947. The first kappa shape index (κ1) is 17.2. The maximum atomic E-state index is 12.5. The molecule has 1 fully saturated rings. The summed E-state index contributed by atoms with van der Waals surface area (Å²) < 4.78 is 7.57. The molecule has 1 aliphatic carbocycles. The zero-order valence-corrected chi connectivity index (χ0v) is 15.3. The molecule has 1 heterocycles. The second-order valence-corrected chi connectivity index (χ2v) is 6.82. The lowest BCUT2D eigenvalue weighted by molar-refractivity contribution is -0.122. The summed E-state index contributed by atoms with van der Waals surface area (Å²) in [5.41, 5.74) is 2.70. The van der Waals surface area contributed by atoms with E-state index >= 15 is 0 Å². The van der Waals surface area contributed by atoms with E-state index in [0.29, 0.717) is 17.5 Å². The molecule has 27 heavy (non-hydrogen) atoms. The Kier molecular flexibility index (Phi) is 4.58. The van der Waals surface area contributed by atoms with Crippen molar-refractivity contribution in [2.75, 3.05) is 5.32 Å². The molecule has 0 saturated heterocycles. The summed E-state index contributed by atoms with van der Waals surface area (Å²) in [6.45, 7) is 3.74. The van der Waals surface area contributed by atoms with Crippen molar-refractivity contribution in [1.82, 2.24) is 20.2 Å². The van der Waals surface area contributed by atoms with Crippen molar-refractivity contribution in [2.24, 2.45) is 0 Å². The lowest BCUT2D eigenvalue weighted by atomic mass is 10.2. The van der Waals surface area contributed by atoms with Gasteiger partial charge in [-0.05, 0) is 61.4 Å². The van der Waals surface area contributed by atoms with Crippen LogP contribution in [0.4, 0.5) is 5.69 Å². The molecule has 1 atom stereocenters. The Labute approximate surface area is 157 Å².